The smallest absolute Gasteiger partial charge is 0.254 e. The average molecular weight is 471 g/mol. The Kier molecular flexibility index (Phi) is 7.57. The number of benzene rings is 3. The molecule has 5 heteroatoms. The molecule has 5 nitrogen and oxygen atoms in total. The molecule has 1 heterocycles. The van der Waals surface area contributed by atoms with Crippen molar-refractivity contribution in [2.45, 2.75) is 33.5 Å². The third-order valence-electron chi connectivity index (χ3n) is 6.28. The lowest BCUT2D eigenvalue weighted by molar-refractivity contribution is 0.0750. The van der Waals surface area contributed by atoms with Gasteiger partial charge in [0.25, 0.3) is 5.91 Å². The summed E-state index contributed by atoms with van der Waals surface area (Å²) in [4.78, 5) is 17.6. The van der Waals surface area contributed by atoms with Gasteiger partial charge < -0.3 is 19.3 Å². The van der Waals surface area contributed by atoms with Crippen molar-refractivity contribution in [1.29, 1.82) is 0 Å². The Hall–Kier alpha value is -3.57. The topological polar surface area (TPSA) is 42.0 Å². The minimum Gasteiger partial charge on any atom is -0.492 e. The number of hydrogen-bond acceptors (Lipinski definition) is 4. The van der Waals surface area contributed by atoms with Crippen LogP contribution in [-0.2, 0) is 19.7 Å². The number of likely N-dealkylation sites (N-methyl/N-ethyl adjacent to an activating group) is 1. The molecular weight excluding hydrogens is 436 g/mol. The van der Waals surface area contributed by atoms with E-state index in [9.17, 15) is 4.79 Å². The first-order valence-electron chi connectivity index (χ1n) is 12.0. The van der Waals surface area contributed by atoms with Crippen molar-refractivity contribution in [3.8, 4) is 11.5 Å². The van der Waals surface area contributed by atoms with Gasteiger partial charge in [0.1, 0.15) is 24.7 Å². The van der Waals surface area contributed by atoms with Crippen LogP contribution < -0.4 is 9.47 Å². The molecule has 4 rings (SSSR count). The van der Waals surface area contributed by atoms with E-state index >= 15 is 0 Å². The summed E-state index contributed by atoms with van der Waals surface area (Å²) in [6, 6.07) is 20.0. The maximum Gasteiger partial charge on any atom is 0.254 e. The summed E-state index contributed by atoms with van der Waals surface area (Å²) in [6.07, 6.45) is 0. The Labute approximate surface area is 208 Å². The van der Waals surface area contributed by atoms with Crippen LogP contribution in [0, 0.1) is 6.92 Å². The number of carbonyl (C=O) groups is 1. The highest BCUT2D eigenvalue weighted by molar-refractivity contribution is 5.97. The van der Waals surface area contributed by atoms with Gasteiger partial charge in [0.05, 0.1) is 6.54 Å². The zero-order valence-corrected chi connectivity index (χ0v) is 21.1. The molecule has 0 aliphatic carbocycles. The Bertz CT molecular complexity index is 1220. The van der Waals surface area contributed by atoms with Gasteiger partial charge in [-0.15, -0.1) is 0 Å². The summed E-state index contributed by atoms with van der Waals surface area (Å²) in [5, 5.41) is 0. The van der Waals surface area contributed by atoms with Crippen molar-refractivity contribution in [1.82, 2.24) is 9.80 Å². The van der Waals surface area contributed by atoms with Crippen LogP contribution in [0.1, 0.15) is 45.1 Å². The van der Waals surface area contributed by atoms with Gasteiger partial charge >= 0.3 is 0 Å². The first kappa shape index (κ1) is 24.6. The van der Waals surface area contributed by atoms with Crippen LogP contribution >= 0.6 is 0 Å². The van der Waals surface area contributed by atoms with Crippen molar-refractivity contribution in [3.63, 3.8) is 0 Å². The third-order valence-corrected chi connectivity index (χ3v) is 6.28. The second-order valence-corrected chi connectivity index (χ2v) is 9.42. The Morgan fingerprint density at radius 3 is 2.46 bits per heavy atom. The van der Waals surface area contributed by atoms with Gasteiger partial charge in [-0.25, -0.2) is 0 Å². The summed E-state index contributed by atoms with van der Waals surface area (Å²) >= 11 is 0. The average Bonchev–Trinajstić information content (AvgIpc) is 3.28. The van der Waals surface area contributed by atoms with E-state index in [4.69, 9.17) is 9.47 Å². The van der Waals surface area contributed by atoms with Crippen molar-refractivity contribution in [3.05, 3.63) is 101 Å². The predicted molar refractivity (Wildman–Crippen MR) is 141 cm³/mol. The van der Waals surface area contributed by atoms with E-state index < -0.39 is 0 Å². The van der Waals surface area contributed by atoms with E-state index in [1.54, 1.807) is 0 Å². The molecule has 0 spiro atoms. The fourth-order valence-corrected chi connectivity index (χ4v) is 4.28. The lowest BCUT2D eigenvalue weighted by Crippen LogP contribution is -2.26. The molecule has 3 aromatic rings. The van der Waals surface area contributed by atoms with Gasteiger partial charge in [0, 0.05) is 29.8 Å². The van der Waals surface area contributed by atoms with E-state index in [1.807, 2.05) is 87.4 Å². The van der Waals surface area contributed by atoms with Crippen molar-refractivity contribution >= 4 is 11.5 Å². The lowest BCUT2D eigenvalue weighted by Gasteiger charge is -2.20. The molecule has 0 saturated heterocycles. The van der Waals surface area contributed by atoms with Gasteiger partial charge in [-0.2, -0.15) is 0 Å². The second-order valence-electron chi connectivity index (χ2n) is 9.42. The quantitative estimate of drug-likeness (QED) is 0.402. The van der Waals surface area contributed by atoms with Crippen LogP contribution in [0.2, 0.25) is 0 Å². The largest absolute Gasteiger partial charge is 0.492 e. The number of ether oxygens (including phenoxy) is 2. The molecule has 0 radical (unpaired) electrons. The van der Waals surface area contributed by atoms with Gasteiger partial charge in [0.2, 0.25) is 0 Å². The number of fused-ring (bicyclic) bond motifs is 1. The van der Waals surface area contributed by atoms with Gasteiger partial charge in [-0.1, -0.05) is 49.0 Å². The summed E-state index contributed by atoms with van der Waals surface area (Å²) in [6.45, 7) is 11.1. The van der Waals surface area contributed by atoms with E-state index in [0.717, 1.165) is 51.4 Å². The Morgan fingerprint density at radius 1 is 0.971 bits per heavy atom. The van der Waals surface area contributed by atoms with Crippen LogP contribution in [0.4, 0.5) is 0 Å². The van der Waals surface area contributed by atoms with E-state index in [2.05, 4.69) is 17.5 Å². The molecule has 1 aliphatic rings. The molecule has 1 aliphatic heterocycles. The predicted octanol–water partition coefficient (Wildman–Crippen LogP) is 5.70. The summed E-state index contributed by atoms with van der Waals surface area (Å²) in [5.74, 6) is 1.62. The first-order chi connectivity index (χ1) is 16.8. The second kappa shape index (κ2) is 10.8. The van der Waals surface area contributed by atoms with Crippen molar-refractivity contribution in [2.75, 3.05) is 27.2 Å². The maximum atomic E-state index is 13.6. The van der Waals surface area contributed by atoms with Crippen molar-refractivity contribution < 1.29 is 14.3 Å². The van der Waals surface area contributed by atoms with Crippen molar-refractivity contribution in [2.24, 2.45) is 0 Å². The van der Waals surface area contributed by atoms with Gasteiger partial charge in [-0.05, 0) is 68.4 Å². The molecule has 0 bridgehead atoms. The number of rotatable bonds is 9. The highest BCUT2D eigenvalue weighted by Crippen LogP contribution is 2.34. The minimum atomic E-state index is 0.00931. The van der Waals surface area contributed by atoms with Gasteiger partial charge in [-0.3, -0.25) is 4.79 Å². The maximum absolute atomic E-state index is 13.6. The summed E-state index contributed by atoms with van der Waals surface area (Å²) in [7, 11) is 4.05. The molecule has 0 saturated carbocycles. The first-order valence-corrected chi connectivity index (χ1v) is 12.0. The molecule has 1 amide bonds. The molecule has 0 atom stereocenters. The van der Waals surface area contributed by atoms with E-state index in [1.165, 1.54) is 0 Å². The van der Waals surface area contributed by atoms with Crippen LogP contribution in [0.3, 0.4) is 0 Å². The van der Waals surface area contributed by atoms with E-state index in [0.29, 0.717) is 31.9 Å². The molecule has 0 aromatic heterocycles. The molecule has 182 valence electrons. The fraction of sp³-hybridized carbons (Fsp3) is 0.300. The molecule has 0 unspecified atom stereocenters. The Morgan fingerprint density at radius 2 is 1.74 bits per heavy atom. The monoisotopic (exact) mass is 470 g/mol. The summed E-state index contributed by atoms with van der Waals surface area (Å²) < 4.78 is 12.2. The van der Waals surface area contributed by atoms with Gasteiger partial charge in [0.15, 0.2) is 0 Å². The highest BCUT2D eigenvalue weighted by Gasteiger charge is 2.28. The Balaban J connectivity index is 1.53. The third kappa shape index (κ3) is 5.75. The number of nitrogens with zero attached hydrogens (tertiary/aromatic N) is 2. The molecule has 0 N–H and O–H groups in total. The minimum absolute atomic E-state index is 0.00931. The lowest BCUT2D eigenvalue weighted by atomic mass is 9.99. The van der Waals surface area contributed by atoms with Crippen LogP contribution in [0.25, 0.3) is 5.57 Å². The number of carbonyl (C=O) groups excluding carboxylic acids is 1. The number of aryl methyl sites for hydroxylation is 1. The SMILES string of the molecule is C=C(C)c1cc(C(=O)N2Cc3cccc(OCCN(C)C)c3C2)c(C)cc1OCc1ccccc1. The number of amides is 1. The summed E-state index contributed by atoms with van der Waals surface area (Å²) in [5.41, 5.74) is 6.63. The normalized spacial score (nSPS) is 12.5. The zero-order valence-electron chi connectivity index (χ0n) is 21.1. The molecule has 3 aromatic carbocycles. The number of hydrogen-bond donors (Lipinski definition) is 0. The highest BCUT2D eigenvalue weighted by atomic mass is 16.5. The molecular formula is C30H34N2O3. The van der Waals surface area contributed by atoms with Crippen LogP contribution in [-0.4, -0.2) is 43.0 Å². The standard InChI is InChI=1S/C30H34N2O3/c1-21(2)25-17-26(22(3)16-29(25)35-20-23-10-7-6-8-11-23)30(33)32-18-24-12-9-13-28(27(24)19-32)34-15-14-31(4)5/h6-13,16-17H,1,14-15,18-20H2,2-5H3. The van der Waals surface area contributed by atoms with Crippen LogP contribution in [0.15, 0.2) is 67.2 Å². The fourth-order valence-electron chi connectivity index (χ4n) is 4.28. The van der Waals surface area contributed by atoms with Crippen LogP contribution in [0.5, 0.6) is 11.5 Å². The molecule has 35 heavy (non-hydrogen) atoms. The molecule has 0 fully saturated rings. The zero-order chi connectivity index (χ0) is 24.9. The van der Waals surface area contributed by atoms with E-state index in [-0.39, 0.29) is 5.91 Å². The number of allylic oxidation sites excluding steroid dienone is 1.